The maximum atomic E-state index is 11.7. The molecule has 1 aliphatic carbocycles. The predicted molar refractivity (Wildman–Crippen MR) is 58.1 cm³/mol. The molecular formula is C11H22N2O. The Morgan fingerprint density at radius 2 is 2.21 bits per heavy atom. The van der Waals surface area contributed by atoms with Crippen LogP contribution in [0.3, 0.4) is 0 Å². The predicted octanol–water partition coefficient (Wildman–Crippen LogP) is 1.24. The van der Waals surface area contributed by atoms with Crippen LogP contribution in [-0.4, -0.2) is 37.0 Å². The minimum absolute atomic E-state index is 0.269. The van der Waals surface area contributed by atoms with Crippen LogP contribution in [0.4, 0.5) is 0 Å². The van der Waals surface area contributed by atoms with E-state index in [1.807, 2.05) is 11.9 Å². The molecule has 0 bridgehead atoms. The molecule has 1 rings (SSSR count). The van der Waals surface area contributed by atoms with Crippen LogP contribution in [0.15, 0.2) is 0 Å². The third-order valence-electron chi connectivity index (χ3n) is 3.07. The van der Waals surface area contributed by atoms with Crippen LogP contribution in [0.5, 0.6) is 0 Å². The van der Waals surface area contributed by atoms with Crippen molar-refractivity contribution in [2.24, 2.45) is 5.92 Å². The Morgan fingerprint density at radius 1 is 1.57 bits per heavy atom. The second kappa shape index (κ2) is 5.35. The van der Waals surface area contributed by atoms with Gasteiger partial charge < -0.3 is 10.2 Å². The van der Waals surface area contributed by atoms with E-state index in [1.165, 1.54) is 12.8 Å². The molecular weight excluding hydrogens is 176 g/mol. The third-order valence-corrected chi connectivity index (χ3v) is 3.07. The van der Waals surface area contributed by atoms with Gasteiger partial charge in [0.15, 0.2) is 0 Å². The van der Waals surface area contributed by atoms with E-state index in [9.17, 15) is 4.79 Å². The average Bonchev–Trinajstić information content (AvgIpc) is 2.99. The molecule has 0 heterocycles. The minimum Gasteiger partial charge on any atom is -0.343 e. The summed E-state index contributed by atoms with van der Waals surface area (Å²) in [5, 5.41) is 3.17. The van der Waals surface area contributed by atoms with Gasteiger partial charge in [-0.25, -0.2) is 0 Å². The summed E-state index contributed by atoms with van der Waals surface area (Å²) in [5.41, 5.74) is 0. The lowest BCUT2D eigenvalue weighted by atomic mass is 10.2. The summed E-state index contributed by atoms with van der Waals surface area (Å²) < 4.78 is 0. The highest BCUT2D eigenvalue weighted by Gasteiger charge is 2.31. The van der Waals surface area contributed by atoms with E-state index in [0.717, 1.165) is 19.0 Å². The van der Waals surface area contributed by atoms with Crippen molar-refractivity contribution >= 4 is 5.91 Å². The Hall–Kier alpha value is -0.570. The zero-order valence-electron chi connectivity index (χ0n) is 9.55. The highest BCUT2D eigenvalue weighted by atomic mass is 16.2. The number of hydrogen-bond donors (Lipinski definition) is 1. The first-order chi connectivity index (χ1) is 6.66. The van der Waals surface area contributed by atoms with Gasteiger partial charge >= 0.3 is 0 Å². The molecule has 3 heteroatoms. The lowest BCUT2D eigenvalue weighted by molar-refractivity contribution is -0.131. The Balaban J connectivity index is 2.20. The fourth-order valence-corrected chi connectivity index (χ4v) is 1.67. The summed E-state index contributed by atoms with van der Waals surface area (Å²) in [6.07, 6.45) is 3.22. The van der Waals surface area contributed by atoms with Crippen LogP contribution in [0.2, 0.25) is 0 Å². The van der Waals surface area contributed by atoms with Gasteiger partial charge in [0.1, 0.15) is 0 Å². The summed E-state index contributed by atoms with van der Waals surface area (Å²) in [4.78, 5) is 13.6. The van der Waals surface area contributed by atoms with Gasteiger partial charge in [-0.3, -0.25) is 4.79 Å². The van der Waals surface area contributed by atoms with E-state index in [1.54, 1.807) is 0 Å². The molecule has 1 unspecified atom stereocenters. The Labute approximate surface area is 86.9 Å². The van der Waals surface area contributed by atoms with Gasteiger partial charge in [-0.15, -0.1) is 0 Å². The first-order valence-electron chi connectivity index (χ1n) is 5.63. The summed E-state index contributed by atoms with van der Waals surface area (Å²) in [7, 11) is 1.93. The number of rotatable bonds is 6. The van der Waals surface area contributed by atoms with Crippen molar-refractivity contribution in [2.45, 2.75) is 39.2 Å². The van der Waals surface area contributed by atoms with Crippen LogP contribution in [0.1, 0.15) is 33.1 Å². The first kappa shape index (κ1) is 11.5. The molecule has 0 spiro atoms. The first-order valence-corrected chi connectivity index (χ1v) is 5.63. The number of amides is 1. The Kier molecular flexibility index (Phi) is 4.39. The number of nitrogens with zero attached hydrogens (tertiary/aromatic N) is 1. The molecule has 0 aliphatic heterocycles. The summed E-state index contributed by atoms with van der Waals surface area (Å²) in [6.45, 7) is 5.95. The van der Waals surface area contributed by atoms with Crippen molar-refractivity contribution in [1.29, 1.82) is 0 Å². The molecule has 1 aliphatic rings. The molecule has 0 aromatic heterocycles. The molecule has 0 aromatic rings. The zero-order chi connectivity index (χ0) is 10.6. The van der Waals surface area contributed by atoms with E-state index < -0.39 is 0 Å². The van der Waals surface area contributed by atoms with Crippen LogP contribution < -0.4 is 5.32 Å². The van der Waals surface area contributed by atoms with Crippen molar-refractivity contribution in [3.63, 3.8) is 0 Å². The molecule has 1 N–H and O–H groups in total. The van der Waals surface area contributed by atoms with Gasteiger partial charge in [0, 0.05) is 26.1 Å². The second-order valence-electron chi connectivity index (χ2n) is 4.19. The van der Waals surface area contributed by atoms with E-state index in [0.29, 0.717) is 12.5 Å². The molecule has 1 amide bonds. The molecule has 82 valence electrons. The topological polar surface area (TPSA) is 32.3 Å². The molecule has 0 saturated heterocycles. The zero-order valence-corrected chi connectivity index (χ0v) is 9.55. The molecule has 1 atom stereocenters. The lowest BCUT2D eigenvalue weighted by Gasteiger charge is -2.24. The van der Waals surface area contributed by atoms with Gasteiger partial charge in [0.25, 0.3) is 0 Å². The average molecular weight is 198 g/mol. The molecule has 0 radical (unpaired) electrons. The highest BCUT2D eigenvalue weighted by molar-refractivity contribution is 5.76. The molecule has 3 nitrogen and oxygen atoms in total. The quantitative estimate of drug-likeness (QED) is 0.651. The highest BCUT2D eigenvalue weighted by Crippen LogP contribution is 2.34. The van der Waals surface area contributed by atoms with Crippen molar-refractivity contribution in [2.75, 3.05) is 20.1 Å². The number of hydrogen-bond acceptors (Lipinski definition) is 2. The smallest absolute Gasteiger partial charge is 0.223 e. The van der Waals surface area contributed by atoms with Crippen molar-refractivity contribution in [1.82, 2.24) is 10.2 Å². The van der Waals surface area contributed by atoms with E-state index in [4.69, 9.17) is 0 Å². The van der Waals surface area contributed by atoms with Gasteiger partial charge in [-0.05, 0) is 32.2 Å². The minimum atomic E-state index is 0.269. The maximum absolute atomic E-state index is 11.7. The van der Waals surface area contributed by atoms with Crippen molar-refractivity contribution in [3.8, 4) is 0 Å². The normalized spacial score (nSPS) is 17.9. The van der Waals surface area contributed by atoms with Crippen LogP contribution >= 0.6 is 0 Å². The van der Waals surface area contributed by atoms with E-state index in [2.05, 4.69) is 19.2 Å². The fraction of sp³-hybridized carbons (Fsp3) is 0.909. The third kappa shape index (κ3) is 3.29. The van der Waals surface area contributed by atoms with Gasteiger partial charge in [0.05, 0.1) is 0 Å². The number of nitrogens with one attached hydrogen (secondary N) is 1. The molecule has 0 aromatic carbocycles. The number of carbonyl (C=O) groups is 1. The van der Waals surface area contributed by atoms with E-state index in [-0.39, 0.29) is 5.91 Å². The molecule has 1 fully saturated rings. The maximum Gasteiger partial charge on any atom is 0.223 e. The largest absolute Gasteiger partial charge is 0.343 e. The SMILES string of the molecule is CCNCCC(=O)N(C)C(C)C1CC1. The van der Waals surface area contributed by atoms with Gasteiger partial charge in [0.2, 0.25) is 5.91 Å². The second-order valence-corrected chi connectivity index (χ2v) is 4.19. The summed E-state index contributed by atoms with van der Waals surface area (Å²) >= 11 is 0. The van der Waals surface area contributed by atoms with Crippen LogP contribution in [0, 0.1) is 5.92 Å². The van der Waals surface area contributed by atoms with Gasteiger partial charge in [-0.1, -0.05) is 6.92 Å². The lowest BCUT2D eigenvalue weighted by Crippen LogP contribution is -2.37. The van der Waals surface area contributed by atoms with Gasteiger partial charge in [-0.2, -0.15) is 0 Å². The summed E-state index contributed by atoms with van der Waals surface area (Å²) in [5.74, 6) is 1.04. The van der Waals surface area contributed by atoms with Crippen molar-refractivity contribution in [3.05, 3.63) is 0 Å². The van der Waals surface area contributed by atoms with Crippen LogP contribution in [0.25, 0.3) is 0 Å². The summed E-state index contributed by atoms with van der Waals surface area (Å²) in [6, 6.07) is 0.434. The number of carbonyl (C=O) groups excluding carboxylic acids is 1. The standard InChI is InChI=1S/C11H22N2O/c1-4-12-8-7-11(14)13(3)9(2)10-5-6-10/h9-10,12H,4-8H2,1-3H3. The molecule has 14 heavy (non-hydrogen) atoms. The fourth-order valence-electron chi connectivity index (χ4n) is 1.67. The Morgan fingerprint density at radius 3 is 2.71 bits per heavy atom. The van der Waals surface area contributed by atoms with Crippen LogP contribution in [-0.2, 0) is 4.79 Å². The Bertz CT molecular complexity index is 190. The van der Waals surface area contributed by atoms with E-state index >= 15 is 0 Å². The monoisotopic (exact) mass is 198 g/mol. The van der Waals surface area contributed by atoms with Crippen molar-refractivity contribution < 1.29 is 4.79 Å². The molecule has 1 saturated carbocycles.